The number of rotatable bonds is 0. The van der Waals surface area contributed by atoms with Gasteiger partial charge in [-0.3, -0.25) is 4.99 Å². The van der Waals surface area contributed by atoms with Crippen molar-refractivity contribution in [2.24, 2.45) is 10.7 Å². The monoisotopic (exact) mass is 109 g/mol. The van der Waals surface area contributed by atoms with E-state index in [0.29, 0.717) is 18.0 Å². The van der Waals surface area contributed by atoms with Crippen LogP contribution in [-0.2, 0) is 0 Å². The summed E-state index contributed by atoms with van der Waals surface area (Å²) in [5, 5.41) is 7.05. The number of nitrogens with zero attached hydrogens (tertiary/aromatic N) is 1. The van der Waals surface area contributed by atoms with Crippen LogP contribution in [0.2, 0.25) is 0 Å². The number of dihydropyridines is 1. The second-order valence-corrected chi connectivity index (χ2v) is 1.64. The molecule has 3 N–H and O–H groups in total. The molecule has 0 aromatic heterocycles. The Morgan fingerprint density at radius 3 is 2.88 bits per heavy atom. The van der Waals surface area contributed by atoms with Crippen LogP contribution >= 0.6 is 0 Å². The lowest BCUT2D eigenvalue weighted by molar-refractivity contribution is 1.24. The average Bonchev–Trinajstić information content (AvgIpc) is 1.64. The number of hydrogen-bond acceptors (Lipinski definition) is 3. The van der Waals surface area contributed by atoms with Crippen LogP contribution in [0.3, 0.4) is 0 Å². The maximum absolute atomic E-state index is 7.05. The van der Waals surface area contributed by atoms with Crippen molar-refractivity contribution in [3.05, 3.63) is 11.8 Å². The van der Waals surface area contributed by atoms with Crippen molar-refractivity contribution in [1.82, 2.24) is 0 Å². The first-order chi connectivity index (χ1) is 3.79. The molecule has 1 rings (SSSR count). The minimum absolute atomic E-state index is 0.473. The Morgan fingerprint density at radius 2 is 2.50 bits per heavy atom. The van der Waals surface area contributed by atoms with Crippen molar-refractivity contribution < 1.29 is 0 Å². The minimum atomic E-state index is 0.473. The molecule has 0 aromatic rings. The smallest absolute Gasteiger partial charge is 0.0806 e. The fraction of sp³-hybridized carbons (Fsp3) is 0.200. The van der Waals surface area contributed by atoms with Gasteiger partial charge in [-0.1, -0.05) is 0 Å². The minimum Gasteiger partial charge on any atom is -0.397 e. The predicted octanol–water partition coefficient (Wildman–Crippen LogP) is -0.0668. The lowest BCUT2D eigenvalue weighted by Crippen LogP contribution is -2.10. The van der Waals surface area contributed by atoms with E-state index in [0.717, 1.165) is 0 Å². The fourth-order valence-corrected chi connectivity index (χ4v) is 0.533. The Kier molecular flexibility index (Phi) is 1.12. The van der Waals surface area contributed by atoms with E-state index in [2.05, 4.69) is 4.99 Å². The molecule has 0 saturated carbocycles. The number of nitrogens with two attached hydrogens (primary N) is 1. The van der Waals surface area contributed by atoms with Crippen molar-refractivity contribution in [3.8, 4) is 0 Å². The molecule has 0 unspecified atom stereocenters. The van der Waals surface area contributed by atoms with Gasteiger partial charge in [0.1, 0.15) is 0 Å². The third kappa shape index (κ3) is 0.932. The van der Waals surface area contributed by atoms with Gasteiger partial charge in [-0.05, 0) is 6.08 Å². The molecule has 8 heavy (non-hydrogen) atoms. The van der Waals surface area contributed by atoms with Crippen LogP contribution in [0.25, 0.3) is 0 Å². The molecule has 3 heteroatoms. The molecule has 0 amide bonds. The van der Waals surface area contributed by atoms with E-state index in [1.54, 1.807) is 12.3 Å². The van der Waals surface area contributed by atoms with Crippen LogP contribution in [0.4, 0.5) is 0 Å². The first kappa shape index (κ1) is 5.03. The van der Waals surface area contributed by atoms with Gasteiger partial charge in [0.25, 0.3) is 0 Å². The summed E-state index contributed by atoms with van der Waals surface area (Å²) >= 11 is 0. The Morgan fingerprint density at radius 1 is 1.75 bits per heavy atom. The van der Waals surface area contributed by atoms with E-state index >= 15 is 0 Å². The van der Waals surface area contributed by atoms with Gasteiger partial charge < -0.3 is 11.1 Å². The zero-order chi connectivity index (χ0) is 5.98. The third-order valence-corrected chi connectivity index (χ3v) is 0.843. The molecule has 0 aliphatic carbocycles. The highest BCUT2D eigenvalue weighted by atomic mass is 14.8. The normalized spacial score (nSPS) is 18.5. The molecule has 1 heterocycles. The summed E-state index contributed by atoms with van der Waals surface area (Å²) in [5.74, 6) is 0. The van der Waals surface area contributed by atoms with Crippen LogP contribution in [0.15, 0.2) is 16.8 Å². The van der Waals surface area contributed by atoms with Crippen molar-refractivity contribution in [3.63, 3.8) is 0 Å². The number of hydrogen-bond donors (Lipinski definition) is 2. The first-order valence-electron chi connectivity index (χ1n) is 2.33. The molecule has 0 radical (unpaired) electrons. The Balaban J connectivity index is 2.77. The molecule has 1 aliphatic heterocycles. The van der Waals surface area contributed by atoms with Gasteiger partial charge >= 0.3 is 0 Å². The quantitative estimate of drug-likeness (QED) is 0.449. The van der Waals surface area contributed by atoms with E-state index in [9.17, 15) is 0 Å². The highest BCUT2D eigenvalue weighted by molar-refractivity contribution is 6.02. The van der Waals surface area contributed by atoms with Crippen molar-refractivity contribution in [2.45, 2.75) is 0 Å². The zero-order valence-electron chi connectivity index (χ0n) is 4.39. The molecule has 3 nitrogen and oxygen atoms in total. The lowest BCUT2D eigenvalue weighted by atomic mass is 10.2. The van der Waals surface area contributed by atoms with Crippen molar-refractivity contribution in [1.29, 1.82) is 5.41 Å². The summed E-state index contributed by atoms with van der Waals surface area (Å²) in [6.45, 7) is 0.473. The molecule has 0 saturated heterocycles. The highest BCUT2D eigenvalue weighted by Crippen LogP contribution is 1.89. The fourth-order valence-electron chi connectivity index (χ4n) is 0.533. The maximum Gasteiger partial charge on any atom is 0.0806 e. The number of allylic oxidation sites excluding steroid dienone is 1. The van der Waals surface area contributed by atoms with Crippen molar-refractivity contribution in [2.75, 3.05) is 6.54 Å². The van der Waals surface area contributed by atoms with E-state index < -0.39 is 0 Å². The van der Waals surface area contributed by atoms with Gasteiger partial charge in [0, 0.05) is 6.21 Å². The second kappa shape index (κ2) is 1.78. The van der Waals surface area contributed by atoms with Gasteiger partial charge in [0.15, 0.2) is 0 Å². The topological polar surface area (TPSA) is 62.2 Å². The second-order valence-electron chi connectivity index (χ2n) is 1.64. The number of aliphatic imine (C=N–C) groups is 1. The van der Waals surface area contributed by atoms with E-state index in [-0.39, 0.29) is 0 Å². The maximum atomic E-state index is 7.05. The van der Waals surface area contributed by atoms with E-state index in [1.807, 2.05) is 0 Å². The van der Waals surface area contributed by atoms with Crippen LogP contribution in [0.1, 0.15) is 0 Å². The van der Waals surface area contributed by atoms with Gasteiger partial charge in [-0.2, -0.15) is 0 Å². The van der Waals surface area contributed by atoms with Crippen LogP contribution in [0.5, 0.6) is 0 Å². The molecule has 0 atom stereocenters. The molecule has 1 aliphatic rings. The van der Waals surface area contributed by atoms with Crippen LogP contribution < -0.4 is 5.73 Å². The summed E-state index contributed by atoms with van der Waals surface area (Å²) in [6, 6.07) is 0. The molecular weight excluding hydrogens is 102 g/mol. The van der Waals surface area contributed by atoms with Crippen molar-refractivity contribution >= 4 is 11.9 Å². The summed E-state index contributed by atoms with van der Waals surface area (Å²) in [6.07, 6.45) is 3.17. The molecule has 0 bridgehead atoms. The van der Waals surface area contributed by atoms with E-state index in [1.165, 1.54) is 0 Å². The van der Waals surface area contributed by atoms with E-state index in [4.69, 9.17) is 11.1 Å². The van der Waals surface area contributed by atoms with Gasteiger partial charge in [-0.15, -0.1) is 0 Å². The predicted molar refractivity (Wildman–Crippen MR) is 33.4 cm³/mol. The Hall–Kier alpha value is -1.12. The lowest BCUT2D eigenvalue weighted by Gasteiger charge is -1.99. The molecule has 0 spiro atoms. The molecule has 0 fully saturated rings. The Labute approximate surface area is 47.4 Å². The van der Waals surface area contributed by atoms with Gasteiger partial charge in [0.05, 0.1) is 18.0 Å². The molecule has 42 valence electrons. The molecular formula is C5H7N3. The SMILES string of the molecule is N=C1C=C(N)C=NC1. The summed E-state index contributed by atoms with van der Waals surface area (Å²) < 4.78 is 0. The average molecular weight is 109 g/mol. The van der Waals surface area contributed by atoms with Crippen LogP contribution in [0, 0.1) is 5.41 Å². The summed E-state index contributed by atoms with van der Waals surface area (Å²) in [4.78, 5) is 3.80. The zero-order valence-corrected chi connectivity index (χ0v) is 4.39. The largest absolute Gasteiger partial charge is 0.397 e. The first-order valence-corrected chi connectivity index (χ1v) is 2.33. The Bertz CT molecular complexity index is 167. The molecule has 0 aromatic carbocycles. The van der Waals surface area contributed by atoms with Gasteiger partial charge in [-0.25, -0.2) is 0 Å². The standard InChI is InChI=1S/C5H7N3/c6-4-1-5(7)3-8-2-4/h1-2,7H,3,6H2. The summed E-state index contributed by atoms with van der Waals surface area (Å²) in [7, 11) is 0. The summed E-state index contributed by atoms with van der Waals surface area (Å²) in [5.41, 5.74) is 6.34. The highest BCUT2D eigenvalue weighted by Gasteiger charge is 1.95. The van der Waals surface area contributed by atoms with Gasteiger partial charge in [0.2, 0.25) is 0 Å². The van der Waals surface area contributed by atoms with Crippen LogP contribution in [-0.4, -0.2) is 18.5 Å². The number of nitrogens with one attached hydrogen (secondary N) is 1. The third-order valence-electron chi connectivity index (χ3n) is 0.843.